The van der Waals surface area contributed by atoms with E-state index in [1.54, 1.807) is 6.07 Å². The normalized spacial score (nSPS) is 28.4. The van der Waals surface area contributed by atoms with E-state index in [1.807, 2.05) is 19.1 Å². The molecule has 3 atom stereocenters. The van der Waals surface area contributed by atoms with Gasteiger partial charge in [-0.25, -0.2) is 0 Å². The molecule has 1 aliphatic carbocycles. The lowest BCUT2D eigenvalue weighted by Crippen LogP contribution is -2.38. The Morgan fingerprint density at radius 3 is 3.00 bits per heavy atom. The molecule has 1 amide bonds. The Morgan fingerprint density at radius 2 is 2.23 bits per heavy atom. The van der Waals surface area contributed by atoms with Crippen molar-refractivity contribution in [3.05, 3.63) is 28.8 Å². The fraction of sp³-hybridized carbons (Fsp3) is 0.588. The van der Waals surface area contributed by atoms with Gasteiger partial charge in [-0.05, 0) is 49.3 Å². The molecule has 5 heteroatoms. The Balaban J connectivity index is 1.57. The predicted molar refractivity (Wildman–Crippen MR) is 90.1 cm³/mol. The highest BCUT2D eigenvalue weighted by Crippen LogP contribution is 2.35. The fourth-order valence-electron chi connectivity index (χ4n) is 3.86. The summed E-state index contributed by atoms with van der Waals surface area (Å²) >= 11 is 5.99. The van der Waals surface area contributed by atoms with Gasteiger partial charge in [0.15, 0.2) is 0 Å². The van der Waals surface area contributed by atoms with Crippen LogP contribution in [0.25, 0.3) is 0 Å². The Kier molecular flexibility index (Phi) is 4.71. The molecule has 22 heavy (non-hydrogen) atoms. The van der Waals surface area contributed by atoms with Gasteiger partial charge in [-0.1, -0.05) is 24.1 Å². The van der Waals surface area contributed by atoms with E-state index in [2.05, 4.69) is 10.2 Å². The molecule has 1 aromatic carbocycles. The molecule has 1 aliphatic heterocycles. The molecule has 3 rings (SSSR count). The summed E-state index contributed by atoms with van der Waals surface area (Å²) in [5, 5.41) is 3.61. The maximum absolute atomic E-state index is 12.3. The number of nitrogens with zero attached hydrogens (tertiary/aromatic N) is 1. The van der Waals surface area contributed by atoms with Gasteiger partial charge in [0.2, 0.25) is 5.91 Å². The number of anilines is 1. The molecule has 2 aliphatic rings. The van der Waals surface area contributed by atoms with Gasteiger partial charge < -0.3 is 11.1 Å². The van der Waals surface area contributed by atoms with Crippen LogP contribution in [0.4, 0.5) is 5.69 Å². The number of hydrogen-bond acceptors (Lipinski definition) is 3. The van der Waals surface area contributed by atoms with Crippen molar-refractivity contribution in [2.24, 2.45) is 17.6 Å². The van der Waals surface area contributed by atoms with Crippen LogP contribution in [0.2, 0.25) is 5.02 Å². The molecule has 1 saturated carbocycles. The number of hydrogen-bond donors (Lipinski definition) is 2. The van der Waals surface area contributed by atoms with Crippen molar-refractivity contribution in [2.45, 2.75) is 32.2 Å². The van der Waals surface area contributed by atoms with E-state index < -0.39 is 0 Å². The summed E-state index contributed by atoms with van der Waals surface area (Å²) in [6, 6.07) is 5.86. The van der Waals surface area contributed by atoms with Gasteiger partial charge in [-0.3, -0.25) is 9.69 Å². The summed E-state index contributed by atoms with van der Waals surface area (Å²) in [5.41, 5.74) is 8.05. The van der Waals surface area contributed by atoms with Crippen molar-refractivity contribution in [3.8, 4) is 0 Å². The SMILES string of the molecule is Cc1ccc(Cl)cc1NC(=O)CN1CC2CCCC(N)C2C1. The van der Waals surface area contributed by atoms with Crippen LogP contribution >= 0.6 is 11.6 Å². The number of rotatable bonds is 3. The number of benzene rings is 1. The first-order valence-electron chi connectivity index (χ1n) is 8.07. The Hall–Kier alpha value is -1.10. The highest BCUT2D eigenvalue weighted by atomic mass is 35.5. The van der Waals surface area contributed by atoms with Crippen molar-refractivity contribution >= 4 is 23.2 Å². The first kappa shape index (κ1) is 15.8. The molecule has 1 heterocycles. The van der Waals surface area contributed by atoms with Crippen molar-refractivity contribution < 1.29 is 4.79 Å². The maximum atomic E-state index is 12.3. The predicted octanol–water partition coefficient (Wildman–Crippen LogP) is 2.65. The summed E-state index contributed by atoms with van der Waals surface area (Å²) in [5.74, 6) is 1.26. The van der Waals surface area contributed by atoms with Gasteiger partial charge >= 0.3 is 0 Å². The van der Waals surface area contributed by atoms with E-state index in [9.17, 15) is 4.79 Å². The first-order chi connectivity index (χ1) is 10.5. The molecule has 4 nitrogen and oxygen atoms in total. The molecule has 1 saturated heterocycles. The number of carbonyl (C=O) groups is 1. The fourth-order valence-corrected chi connectivity index (χ4v) is 4.03. The number of nitrogens with two attached hydrogens (primary N) is 1. The van der Waals surface area contributed by atoms with Crippen LogP contribution in [0.3, 0.4) is 0 Å². The van der Waals surface area contributed by atoms with E-state index in [1.165, 1.54) is 12.8 Å². The quantitative estimate of drug-likeness (QED) is 0.900. The second-order valence-corrected chi connectivity index (χ2v) is 7.16. The minimum Gasteiger partial charge on any atom is -0.327 e. The van der Waals surface area contributed by atoms with E-state index in [-0.39, 0.29) is 5.91 Å². The molecule has 1 aromatic rings. The minimum atomic E-state index is 0.0255. The zero-order chi connectivity index (χ0) is 15.7. The van der Waals surface area contributed by atoms with Crippen LogP contribution in [0.1, 0.15) is 24.8 Å². The molecule has 0 bridgehead atoms. The largest absolute Gasteiger partial charge is 0.327 e. The minimum absolute atomic E-state index is 0.0255. The van der Waals surface area contributed by atoms with Crippen LogP contribution in [0.5, 0.6) is 0 Å². The smallest absolute Gasteiger partial charge is 0.238 e. The van der Waals surface area contributed by atoms with E-state index in [4.69, 9.17) is 17.3 Å². The Bertz CT molecular complexity index is 563. The van der Waals surface area contributed by atoms with Gasteiger partial charge in [0, 0.05) is 29.8 Å². The number of carbonyl (C=O) groups excluding carboxylic acids is 1. The highest BCUT2D eigenvalue weighted by molar-refractivity contribution is 6.31. The summed E-state index contributed by atoms with van der Waals surface area (Å²) in [4.78, 5) is 14.5. The molecule has 3 N–H and O–H groups in total. The van der Waals surface area contributed by atoms with Crippen LogP contribution in [-0.4, -0.2) is 36.5 Å². The van der Waals surface area contributed by atoms with Gasteiger partial charge in [-0.15, -0.1) is 0 Å². The van der Waals surface area contributed by atoms with Gasteiger partial charge in [0.05, 0.1) is 6.54 Å². The highest BCUT2D eigenvalue weighted by Gasteiger charge is 2.38. The molecule has 0 spiro atoms. The number of amides is 1. The summed E-state index contributed by atoms with van der Waals surface area (Å²) in [6.07, 6.45) is 3.61. The average molecular weight is 322 g/mol. The number of likely N-dealkylation sites (tertiary alicyclic amines) is 1. The van der Waals surface area contributed by atoms with Crippen molar-refractivity contribution in [1.82, 2.24) is 4.90 Å². The number of halogens is 1. The van der Waals surface area contributed by atoms with E-state index in [0.29, 0.717) is 29.4 Å². The lowest BCUT2D eigenvalue weighted by Gasteiger charge is -2.29. The monoisotopic (exact) mass is 321 g/mol. The van der Waals surface area contributed by atoms with Crippen LogP contribution < -0.4 is 11.1 Å². The van der Waals surface area contributed by atoms with Gasteiger partial charge in [0.1, 0.15) is 0 Å². The lowest BCUT2D eigenvalue weighted by molar-refractivity contribution is -0.117. The Labute approximate surface area is 137 Å². The summed E-state index contributed by atoms with van der Waals surface area (Å²) in [7, 11) is 0. The Morgan fingerprint density at radius 1 is 1.41 bits per heavy atom. The second kappa shape index (κ2) is 6.57. The van der Waals surface area contributed by atoms with Gasteiger partial charge in [0.25, 0.3) is 0 Å². The third-order valence-corrected chi connectivity index (χ3v) is 5.31. The number of fused-ring (bicyclic) bond motifs is 1. The standard InChI is InChI=1S/C17H24ClN3O/c1-11-5-6-13(18)7-16(11)20-17(22)10-21-8-12-3-2-4-15(19)14(12)9-21/h5-7,12,14-15H,2-4,8-10,19H2,1H3,(H,20,22). The molecular formula is C17H24ClN3O. The average Bonchev–Trinajstić information content (AvgIpc) is 2.86. The maximum Gasteiger partial charge on any atom is 0.238 e. The molecule has 2 fully saturated rings. The van der Waals surface area contributed by atoms with Crippen LogP contribution in [-0.2, 0) is 4.79 Å². The molecule has 0 radical (unpaired) electrons. The molecule has 120 valence electrons. The number of nitrogens with one attached hydrogen (secondary N) is 1. The second-order valence-electron chi connectivity index (χ2n) is 6.72. The lowest BCUT2D eigenvalue weighted by atomic mass is 9.78. The van der Waals surface area contributed by atoms with Gasteiger partial charge in [-0.2, -0.15) is 0 Å². The third kappa shape index (κ3) is 3.45. The third-order valence-electron chi connectivity index (χ3n) is 5.07. The van der Waals surface area contributed by atoms with E-state index in [0.717, 1.165) is 30.8 Å². The zero-order valence-corrected chi connectivity index (χ0v) is 13.8. The van der Waals surface area contributed by atoms with Crippen LogP contribution in [0, 0.1) is 18.8 Å². The van der Waals surface area contributed by atoms with Crippen LogP contribution in [0.15, 0.2) is 18.2 Å². The topological polar surface area (TPSA) is 58.4 Å². The molecule has 3 unspecified atom stereocenters. The van der Waals surface area contributed by atoms with Crippen molar-refractivity contribution in [3.63, 3.8) is 0 Å². The van der Waals surface area contributed by atoms with Crippen molar-refractivity contribution in [1.29, 1.82) is 0 Å². The summed E-state index contributed by atoms with van der Waals surface area (Å²) in [6.45, 7) is 4.36. The number of aryl methyl sites for hydroxylation is 1. The summed E-state index contributed by atoms with van der Waals surface area (Å²) < 4.78 is 0. The molecule has 0 aromatic heterocycles. The van der Waals surface area contributed by atoms with Crippen molar-refractivity contribution in [2.75, 3.05) is 25.0 Å². The first-order valence-corrected chi connectivity index (χ1v) is 8.44. The van der Waals surface area contributed by atoms with E-state index >= 15 is 0 Å². The zero-order valence-electron chi connectivity index (χ0n) is 13.0. The molecular weight excluding hydrogens is 298 g/mol.